The van der Waals surface area contributed by atoms with Gasteiger partial charge in [-0.05, 0) is 36.9 Å². The van der Waals surface area contributed by atoms with E-state index in [2.05, 4.69) is 53.0 Å². The molecule has 1 fully saturated rings. The molecule has 1 aliphatic heterocycles. The van der Waals surface area contributed by atoms with Crippen molar-refractivity contribution in [1.82, 2.24) is 9.47 Å². The van der Waals surface area contributed by atoms with E-state index >= 15 is 0 Å². The lowest BCUT2D eigenvalue weighted by molar-refractivity contribution is 0.173. The quantitative estimate of drug-likeness (QED) is 0.820. The molecular formula is C16H22N2O. The van der Waals surface area contributed by atoms with Crippen molar-refractivity contribution in [3.8, 4) is 0 Å². The highest BCUT2D eigenvalue weighted by molar-refractivity contribution is 5.79. The zero-order valence-electron chi connectivity index (χ0n) is 11.6. The molecule has 2 heterocycles. The van der Waals surface area contributed by atoms with E-state index in [1.807, 2.05) is 0 Å². The third kappa shape index (κ3) is 2.99. The van der Waals surface area contributed by atoms with Crippen molar-refractivity contribution in [3.05, 3.63) is 36.5 Å². The van der Waals surface area contributed by atoms with Gasteiger partial charge in [-0.15, -0.1) is 0 Å². The van der Waals surface area contributed by atoms with Crippen molar-refractivity contribution in [2.45, 2.75) is 13.0 Å². The van der Waals surface area contributed by atoms with E-state index in [4.69, 9.17) is 4.74 Å². The molecule has 0 aliphatic carbocycles. The standard InChI is InChI=1S/C16H22N2O/c1-17(12-14-7-11-19-13-14)9-10-18-8-6-15-4-2-3-5-16(15)18/h2-6,8,14H,7,9-13H2,1H3. The van der Waals surface area contributed by atoms with E-state index in [1.165, 1.54) is 17.3 Å². The van der Waals surface area contributed by atoms with Crippen LogP contribution >= 0.6 is 0 Å². The van der Waals surface area contributed by atoms with Crippen LogP contribution in [-0.2, 0) is 11.3 Å². The minimum absolute atomic E-state index is 0.728. The zero-order chi connectivity index (χ0) is 13.1. The molecule has 19 heavy (non-hydrogen) atoms. The van der Waals surface area contributed by atoms with Gasteiger partial charge in [0, 0.05) is 38.0 Å². The highest BCUT2D eigenvalue weighted by Crippen LogP contribution is 2.16. The van der Waals surface area contributed by atoms with Gasteiger partial charge in [-0.3, -0.25) is 0 Å². The Kier molecular flexibility index (Phi) is 3.85. The maximum Gasteiger partial charge on any atom is 0.0507 e. The smallest absolute Gasteiger partial charge is 0.0507 e. The van der Waals surface area contributed by atoms with Gasteiger partial charge in [0.15, 0.2) is 0 Å². The van der Waals surface area contributed by atoms with Crippen LogP contribution in [0, 0.1) is 5.92 Å². The van der Waals surface area contributed by atoms with Gasteiger partial charge in [-0.25, -0.2) is 0 Å². The van der Waals surface area contributed by atoms with Crippen LogP contribution in [0.1, 0.15) is 6.42 Å². The Hall–Kier alpha value is -1.32. The number of nitrogens with zero attached hydrogens (tertiary/aromatic N) is 2. The van der Waals surface area contributed by atoms with Crippen LogP contribution in [0.4, 0.5) is 0 Å². The minimum Gasteiger partial charge on any atom is -0.381 e. The zero-order valence-corrected chi connectivity index (χ0v) is 11.6. The predicted molar refractivity (Wildman–Crippen MR) is 78.4 cm³/mol. The second-order valence-corrected chi connectivity index (χ2v) is 5.56. The van der Waals surface area contributed by atoms with Gasteiger partial charge in [0.2, 0.25) is 0 Å². The van der Waals surface area contributed by atoms with Gasteiger partial charge in [-0.2, -0.15) is 0 Å². The van der Waals surface area contributed by atoms with Gasteiger partial charge in [0.05, 0.1) is 6.61 Å². The summed E-state index contributed by atoms with van der Waals surface area (Å²) in [6, 6.07) is 10.8. The molecule has 0 N–H and O–H groups in total. The van der Waals surface area contributed by atoms with Crippen LogP contribution in [0.15, 0.2) is 36.5 Å². The summed E-state index contributed by atoms with van der Waals surface area (Å²) in [4.78, 5) is 2.42. The Balaban J connectivity index is 1.56. The van der Waals surface area contributed by atoms with Crippen molar-refractivity contribution >= 4 is 10.9 Å². The van der Waals surface area contributed by atoms with Crippen LogP contribution in [-0.4, -0.2) is 42.8 Å². The fraction of sp³-hybridized carbons (Fsp3) is 0.500. The molecule has 0 amide bonds. The average Bonchev–Trinajstić information content (AvgIpc) is 3.05. The largest absolute Gasteiger partial charge is 0.381 e. The van der Waals surface area contributed by atoms with Gasteiger partial charge in [0.25, 0.3) is 0 Å². The number of hydrogen-bond acceptors (Lipinski definition) is 2. The van der Waals surface area contributed by atoms with Gasteiger partial charge in [0.1, 0.15) is 0 Å². The monoisotopic (exact) mass is 258 g/mol. The van der Waals surface area contributed by atoms with E-state index in [0.717, 1.165) is 38.8 Å². The van der Waals surface area contributed by atoms with Crippen LogP contribution in [0.5, 0.6) is 0 Å². The molecule has 1 aliphatic rings. The van der Waals surface area contributed by atoms with Gasteiger partial charge >= 0.3 is 0 Å². The molecule has 1 unspecified atom stereocenters. The summed E-state index contributed by atoms with van der Waals surface area (Å²) in [6.07, 6.45) is 3.41. The van der Waals surface area contributed by atoms with Crippen molar-refractivity contribution < 1.29 is 4.74 Å². The highest BCUT2D eigenvalue weighted by atomic mass is 16.5. The molecule has 3 rings (SSSR count). The molecule has 3 heteroatoms. The Morgan fingerprint density at radius 1 is 1.32 bits per heavy atom. The first kappa shape index (κ1) is 12.7. The molecule has 3 nitrogen and oxygen atoms in total. The van der Waals surface area contributed by atoms with Crippen molar-refractivity contribution in [3.63, 3.8) is 0 Å². The number of aromatic nitrogens is 1. The molecule has 1 aromatic heterocycles. The van der Waals surface area contributed by atoms with Crippen LogP contribution in [0.2, 0.25) is 0 Å². The summed E-state index contributed by atoms with van der Waals surface area (Å²) >= 11 is 0. The summed E-state index contributed by atoms with van der Waals surface area (Å²) in [5.74, 6) is 0.728. The molecule has 0 saturated carbocycles. The second-order valence-electron chi connectivity index (χ2n) is 5.56. The Morgan fingerprint density at radius 2 is 2.21 bits per heavy atom. The van der Waals surface area contributed by atoms with Crippen LogP contribution < -0.4 is 0 Å². The van der Waals surface area contributed by atoms with E-state index in [9.17, 15) is 0 Å². The fourth-order valence-electron chi connectivity index (χ4n) is 2.87. The summed E-state index contributed by atoms with van der Waals surface area (Å²) < 4.78 is 7.78. The first-order valence-corrected chi connectivity index (χ1v) is 7.13. The molecule has 2 aromatic rings. The maximum absolute atomic E-state index is 5.43. The van der Waals surface area contributed by atoms with E-state index in [1.54, 1.807) is 0 Å². The lowest BCUT2D eigenvalue weighted by Gasteiger charge is -2.20. The summed E-state index contributed by atoms with van der Waals surface area (Å²) in [7, 11) is 2.21. The van der Waals surface area contributed by atoms with Gasteiger partial charge in [-0.1, -0.05) is 18.2 Å². The minimum atomic E-state index is 0.728. The van der Waals surface area contributed by atoms with Crippen molar-refractivity contribution in [1.29, 1.82) is 0 Å². The number of para-hydroxylation sites is 1. The normalized spacial score (nSPS) is 19.6. The van der Waals surface area contributed by atoms with Crippen molar-refractivity contribution in [2.75, 3.05) is 33.4 Å². The number of ether oxygens (including phenoxy) is 1. The van der Waals surface area contributed by atoms with Crippen LogP contribution in [0.3, 0.4) is 0 Å². The van der Waals surface area contributed by atoms with E-state index < -0.39 is 0 Å². The highest BCUT2D eigenvalue weighted by Gasteiger charge is 2.17. The second kappa shape index (κ2) is 5.76. The number of likely N-dealkylation sites (N-methyl/N-ethyl adjacent to an activating group) is 1. The Bertz CT molecular complexity index is 528. The van der Waals surface area contributed by atoms with Crippen molar-refractivity contribution in [2.24, 2.45) is 5.92 Å². The maximum atomic E-state index is 5.43. The molecule has 102 valence electrons. The molecule has 1 saturated heterocycles. The Morgan fingerprint density at radius 3 is 3.05 bits per heavy atom. The number of hydrogen-bond donors (Lipinski definition) is 0. The first-order chi connectivity index (χ1) is 9.33. The van der Waals surface area contributed by atoms with E-state index in [0.29, 0.717) is 0 Å². The SMILES string of the molecule is CN(CCn1ccc2ccccc21)CC1CCOC1. The number of rotatable bonds is 5. The number of fused-ring (bicyclic) bond motifs is 1. The summed E-state index contributed by atoms with van der Waals surface area (Å²) in [6.45, 7) is 5.18. The molecular weight excluding hydrogens is 236 g/mol. The average molecular weight is 258 g/mol. The molecule has 1 atom stereocenters. The molecule has 0 spiro atoms. The third-order valence-corrected chi connectivity index (χ3v) is 4.00. The molecule has 0 radical (unpaired) electrons. The lowest BCUT2D eigenvalue weighted by Crippen LogP contribution is -2.29. The number of benzene rings is 1. The predicted octanol–water partition coefficient (Wildman–Crippen LogP) is 2.61. The van der Waals surface area contributed by atoms with Crippen LogP contribution in [0.25, 0.3) is 10.9 Å². The summed E-state index contributed by atoms with van der Waals surface area (Å²) in [5.41, 5.74) is 1.33. The third-order valence-electron chi connectivity index (χ3n) is 4.00. The Labute approximate surface area is 114 Å². The van der Waals surface area contributed by atoms with E-state index in [-0.39, 0.29) is 0 Å². The summed E-state index contributed by atoms with van der Waals surface area (Å²) in [5, 5.41) is 1.33. The topological polar surface area (TPSA) is 17.4 Å². The molecule has 1 aromatic carbocycles. The van der Waals surface area contributed by atoms with Gasteiger partial charge < -0.3 is 14.2 Å². The first-order valence-electron chi connectivity index (χ1n) is 7.13. The molecule has 0 bridgehead atoms. The fourth-order valence-corrected chi connectivity index (χ4v) is 2.87. The lowest BCUT2D eigenvalue weighted by atomic mass is 10.1.